The van der Waals surface area contributed by atoms with Crippen molar-refractivity contribution in [2.75, 3.05) is 0 Å². The van der Waals surface area contributed by atoms with E-state index in [-0.39, 0.29) is 12.2 Å². The molecule has 0 bridgehead atoms. The predicted octanol–water partition coefficient (Wildman–Crippen LogP) is 0.963. The van der Waals surface area contributed by atoms with Crippen molar-refractivity contribution in [1.82, 2.24) is 0 Å². The minimum absolute atomic E-state index is 0.128. The summed E-state index contributed by atoms with van der Waals surface area (Å²) < 4.78 is 4.62. The topological polar surface area (TPSA) is 134 Å². The molecule has 0 aliphatic rings. The number of aromatic hydroxyl groups is 2. The Morgan fingerprint density at radius 2 is 2.17 bits per heavy atom. The molecule has 0 heterocycles. The first-order valence-corrected chi connectivity index (χ1v) is 4.67. The third-order valence-corrected chi connectivity index (χ3v) is 1.95. The summed E-state index contributed by atoms with van der Waals surface area (Å²) in [6, 6.07) is 3.58. The van der Waals surface area contributed by atoms with Gasteiger partial charge in [-0.05, 0) is 6.07 Å². The van der Waals surface area contributed by atoms with Gasteiger partial charge >= 0.3 is 11.7 Å². The van der Waals surface area contributed by atoms with Crippen LogP contribution in [0.15, 0.2) is 12.1 Å². The zero-order valence-electron chi connectivity index (χ0n) is 8.99. The normalized spacial score (nSPS) is 9.50. The highest BCUT2D eigenvalue weighted by Gasteiger charge is 2.19. The summed E-state index contributed by atoms with van der Waals surface area (Å²) in [6.45, 7) is -0.338. The number of phenolic OH excluding ortho intramolecular Hbond substituents is 2. The van der Waals surface area contributed by atoms with E-state index in [9.17, 15) is 25.1 Å². The minimum atomic E-state index is -0.879. The highest BCUT2D eigenvalue weighted by atomic mass is 16.6. The van der Waals surface area contributed by atoms with Crippen LogP contribution in [0.5, 0.6) is 11.5 Å². The first-order valence-electron chi connectivity index (χ1n) is 4.67. The molecule has 0 spiro atoms. The van der Waals surface area contributed by atoms with Gasteiger partial charge < -0.3 is 14.9 Å². The number of rotatable bonds is 4. The summed E-state index contributed by atoms with van der Waals surface area (Å²) in [6.07, 6.45) is -0.438. The molecule has 0 fully saturated rings. The molecule has 18 heavy (non-hydrogen) atoms. The molecule has 1 aromatic rings. The Hall–Kier alpha value is -2.82. The Kier molecular flexibility index (Phi) is 4.04. The van der Waals surface area contributed by atoms with Crippen LogP contribution in [0, 0.1) is 21.4 Å². The highest BCUT2D eigenvalue weighted by molar-refractivity contribution is 5.71. The number of benzene rings is 1. The molecule has 0 amide bonds. The lowest BCUT2D eigenvalue weighted by atomic mass is 10.2. The second kappa shape index (κ2) is 5.49. The second-order valence-corrected chi connectivity index (χ2v) is 3.24. The molecule has 0 saturated heterocycles. The van der Waals surface area contributed by atoms with Gasteiger partial charge in [-0.2, -0.15) is 5.26 Å². The molecule has 94 valence electrons. The van der Waals surface area contributed by atoms with Crippen molar-refractivity contribution in [3.05, 3.63) is 27.8 Å². The maximum Gasteiger partial charge on any atom is 0.320 e. The van der Waals surface area contributed by atoms with E-state index in [4.69, 9.17) is 5.26 Å². The summed E-state index contributed by atoms with van der Waals surface area (Å²) in [7, 11) is 0. The van der Waals surface area contributed by atoms with E-state index in [1.807, 2.05) is 0 Å². The van der Waals surface area contributed by atoms with Crippen LogP contribution in [0.1, 0.15) is 12.0 Å². The standard InChI is InChI=1S/C10H8N2O6/c11-2-1-9(14)18-5-6-3-7(12(16)17)10(15)8(13)4-6/h3-4,13,15H,1,5H2. The van der Waals surface area contributed by atoms with Gasteiger partial charge in [0, 0.05) is 11.6 Å². The molecule has 0 radical (unpaired) electrons. The van der Waals surface area contributed by atoms with Gasteiger partial charge in [0.25, 0.3) is 0 Å². The average Bonchev–Trinajstić information content (AvgIpc) is 2.30. The van der Waals surface area contributed by atoms with E-state index in [2.05, 4.69) is 4.74 Å². The number of hydrogen-bond donors (Lipinski definition) is 2. The minimum Gasteiger partial charge on any atom is -0.504 e. The number of carbonyl (C=O) groups excluding carboxylic acids is 1. The smallest absolute Gasteiger partial charge is 0.320 e. The summed E-state index contributed by atoms with van der Waals surface area (Å²) in [5.41, 5.74) is -0.565. The van der Waals surface area contributed by atoms with Gasteiger partial charge in [0.1, 0.15) is 13.0 Å². The van der Waals surface area contributed by atoms with Gasteiger partial charge in [-0.1, -0.05) is 0 Å². The van der Waals surface area contributed by atoms with E-state index in [1.165, 1.54) is 0 Å². The molecule has 0 atom stereocenters. The SMILES string of the molecule is N#CCC(=O)OCc1cc(O)c(O)c([N+](=O)[O-])c1. The van der Waals surface area contributed by atoms with Crippen LogP contribution in [0.4, 0.5) is 5.69 Å². The Balaban J connectivity index is 2.88. The highest BCUT2D eigenvalue weighted by Crippen LogP contribution is 2.36. The number of hydrogen-bond acceptors (Lipinski definition) is 7. The summed E-state index contributed by atoms with van der Waals surface area (Å²) in [5.74, 6) is -2.32. The van der Waals surface area contributed by atoms with Gasteiger partial charge in [0.15, 0.2) is 5.75 Å². The number of phenols is 2. The van der Waals surface area contributed by atoms with Crippen LogP contribution in [-0.2, 0) is 16.1 Å². The van der Waals surface area contributed by atoms with E-state index < -0.39 is 34.5 Å². The van der Waals surface area contributed by atoms with Crippen molar-refractivity contribution in [1.29, 1.82) is 5.26 Å². The predicted molar refractivity (Wildman–Crippen MR) is 56.5 cm³/mol. The average molecular weight is 252 g/mol. The maximum absolute atomic E-state index is 10.9. The number of nitrogens with zero attached hydrogens (tertiary/aromatic N) is 2. The molecule has 0 saturated carbocycles. The van der Waals surface area contributed by atoms with E-state index in [0.717, 1.165) is 12.1 Å². The van der Waals surface area contributed by atoms with Gasteiger partial charge in [-0.15, -0.1) is 0 Å². The molecular weight excluding hydrogens is 244 g/mol. The molecule has 0 aliphatic carbocycles. The van der Waals surface area contributed by atoms with Gasteiger partial charge in [0.2, 0.25) is 5.75 Å². The molecule has 8 nitrogen and oxygen atoms in total. The Bertz CT molecular complexity index is 534. The van der Waals surface area contributed by atoms with Crippen molar-refractivity contribution in [2.24, 2.45) is 0 Å². The number of carbonyl (C=O) groups is 1. The molecule has 1 aromatic carbocycles. The summed E-state index contributed by atoms with van der Waals surface area (Å²) in [5, 5.41) is 37.2. The zero-order valence-corrected chi connectivity index (χ0v) is 8.99. The van der Waals surface area contributed by atoms with Crippen molar-refractivity contribution >= 4 is 11.7 Å². The number of nitriles is 1. The first-order chi connectivity index (χ1) is 8.45. The fraction of sp³-hybridized carbons (Fsp3) is 0.200. The number of esters is 1. The monoisotopic (exact) mass is 252 g/mol. The van der Waals surface area contributed by atoms with E-state index in [1.54, 1.807) is 6.07 Å². The molecular formula is C10H8N2O6. The zero-order chi connectivity index (χ0) is 13.7. The van der Waals surface area contributed by atoms with E-state index in [0.29, 0.717) is 0 Å². The molecule has 0 unspecified atom stereocenters. The molecule has 1 rings (SSSR count). The lowest BCUT2D eigenvalue weighted by Crippen LogP contribution is -2.03. The van der Waals surface area contributed by atoms with Crippen LogP contribution in [0.25, 0.3) is 0 Å². The lowest BCUT2D eigenvalue weighted by Gasteiger charge is -2.05. The van der Waals surface area contributed by atoms with Crippen LogP contribution >= 0.6 is 0 Å². The van der Waals surface area contributed by atoms with Crippen molar-refractivity contribution < 1.29 is 24.7 Å². The fourth-order valence-electron chi connectivity index (χ4n) is 1.16. The van der Waals surface area contributed by atoms with Crippen LogP contribution in [0.3, 0.4) is 0 Å². The third-order valence-electron chi connectivity index (χ3n) is 1.95. The number of nitro groups is 1. The Morgan fingerprint density at radius 1 is 1.50 bits per heavy atom. The molecule has 0 aromatic heterocycles. The largest absolute Gasteiger partial charge is 0.504 e. The third kappa shape index (κ3) is 3.08. The summed E-state index contributed by atoms with van der Waals surface area (Å²) in [4.78, 5) is 20.6. The summed E-state index contributed by atoms with van der Waals surface area (Å²) >= 11 is 0. The number of nitro benzene ring substituents is 1. The fourth-order valence-corrected chi connectivity index (χ4v) is 1.16. The maximum atomic E-state index is 10.9. The Labute approximate surface area is 101 Å². The van der Waals surface area contributed by atoms with Crippen molar-refractivity contribution in [3.63, 3.8) is 0 Å². The molecule has 8 heteroatoms. The van der Waals surface area contributed by atoms with Crippen LogP contribution < -0.4 is 0 Å². The second-order valence-electron chi connectivity index (χ2n) is 3.24. The molecule has 0 aliphatic heterocycles. The van der Waals surface area contributed by atoms with Crippen LogP contribution in [0.2, 0.25) is 0 Å². The van der Waals surface area contributed by atoms with Gasteiger partial charge in [-0.3, -0.25) is 14.9 Å². The number of ether oxygens (including phenoxy) is 1. The van der Waals surface area contributed by atoms with Crippen molar-refractivity contribution in [3.8, 4) is 17.6 Å². The Morgan fingerprint density at radius 3 is 2.72 bits per heavy atom. The van der Waals surface area contributed by atoms with E-state index >= 15 is 0 Å². The molecule has 2 N–H and O–H groups in total. The van der Waals surface area contributed by atoms with Crippen molar-refractivity contribution in [2.45, 2.75) is 13.0 Å². The van der Waals surface area contributed by atoms with Gasteiger partial charge in [-0.25, -0.2) is 0 Å². The lowest BCUT2D eigenvalue weighted by molar-refractivity contribution is -0.386. The van der Waals surface area contributed by atoms with Gasteiger partial charge in [0.05, 0.1) is 11.0 Å². The van der Waals surface area contributed by atoms with Crippen LogP contribution in [-0.4, -0.2) is 21.1 Å². The first kappa shape index (κ1) is 13.2. The quantitative estimate of drug-likeness (QED) is 0.352.